The van der Waals surface area contributed by atoms with Crippen molar-refractivity contribution >= 4 is 21.6 Å². The first-order valence-corrected chi connectivity index (χ1v) is 5.46. The lowest BCUT2D eigenvalue weighted by Crippen LogP contribution is -1.97. The van der Waals surface area contributed by atoms with Crippen LogP contribution in [-0.4, -0.2) is 19.9 Å². The Bertz CT molecular complexity index is 568. The van der Waals surface area contributed by atoms with Crippen LogP contribution in [0.5, 0.6) is 0 Å². The average molecular weight is 298 g/mol. The van der Waals surface area contributed by atoms with Crippen molar-refractivity contribution < 1.29 is 4.92 Å². The molecule has 1 aromatic heterocycles. The molecule has 0 radical (unpaired) electrons. The second-order valence-corrected chi connectivity index (χ2v) is 4.11. The number of nitrogens with zero attached hydrogens (tertiary/aromatic N) is 4. The lowest BCUT2D eigenvalue weighted by atomic mass is 10.3. The Kier molecular flexibility index (Phi) is 3.16. The molecule has 1 heterocycles. The number of hydrogen-bond donors (Lipinski definition) is 1. The van der Waals surface area contributed by atoms with Crippen LogP contribution in [0.25, 0.3) is 5.69 Å². The van der Waals surface area contributed by atoms with Gasteiger partial charge in [0.1, 0.15) is 0 Å². The first-order chi connectivity index (χ1) is 8.11. The lowest BCUT2D eigenvalue weighted by Gasteiger charge is -2.01. The fourth-order valence-corrected chi connectivity index (χ4v) is 1.69. The maximum atomic E-state index is 10.8. The van der Waals surface area contributed by atoms with Gasteiger partial charge in [-0.2, -0.15) is 0 Å². The van der Waals surface area contributed by atoms with E-state index >= 15 is 0 Å². The van der Waals surface area contributed by atoms with Crippen LogP contribution in [0.15, 0.2) is 28.9 Å². The predicted octanol–water partition coefficient (Wildman–Crippen LogP) is 1.40. The monoisotopic (exact) mass is 297 g/mol. The Balaban J connectivity index is 2.46. The minimum atomic E-state index is -0.464. The summed E-state index contributed by atoms with van der Waals surface area (Å²) in [5.74, 6) is 0. The molecule has 0 spiro atoms. The van der Waals surface area contributed by atoms with E-state index in [1.54, 1.807) is 18.3 Å². The summed E-state index contributed by atoms with van der Waals surface area (Å²) in [6.07, 6.45) is 1.63. The highest BCUT2D eigenvalue weighted by atomic mass is 79.9. The van der Waals surface area contributed by atoms with E-state index in [2.05, 4.69) is 26.2 Å². The van der Waals surface area contributed by atoms with Crippen LogP contribution in [0, 0.1) is 10.1 Å². The number of nitro groups is 1. The molecule has 0 amide bonds. The first kappa shape index (κ1) is 11.7. The van der Waals surface area contributed by atoms with E-state index in [0.717, 1.165) is 0 Å². The zero-order valence-corrected chi connectivity index (χ0v) is 10.2. The number of hydrogen-bond acceptors (Lipinski definition) is 5. The Morgan fingerprint density at radius 2 is 2.29 bits per heavy atom. The van der Waals surface area contributed by atoms with Gasteiger partial charge in [-0.3, -0.25) is 10.1 Å². The van der Waals surface area contributed by atoms with Gasteiger partial charge < -0.3 is 5.73 Å². The van der Waals surface area contributed by atoms with E-state index < -0.39 is 4.92 Å². The number of rotatable bonds is 3. The van der Waals surface area contributed by atoms with Gasteiger partial charge in [-0.25, -0.2) is 4.68 Å². The summed E-state index contributed by atoms with van der Waals surface area (Å²) >= 11 is 3.12. The maximum Gasteiger partial charge on any atom is 0.285 e. The molecule has 7 nitrogen and oxygen atoms in total. The van der Waals surface area contributed by atoms with Gasteiger partial charge in [0.05, 0.1) is 27.0 Å². The SMILES string of the molecule is NCc1cn(-c2ccc(Br)c([N+](=O)[O-])c2)nn1. The molecule has 2 aromatic rings. The highest BCUT2D eigenvalue weighted by molar-refractivity contribution is 9.10. The summed E-state index contributed by atoms with van der Waals surface area (Å²) in [5.41, 5.74) is 6.57. The molecular formula is C9H8BrN5O2. The van der Waals surface area contributed by atoms with Crippen LogP contribution in [-0.2, 0) is 6.54 Å². The molecule has 88 valence electrons. The number of nitro benzene ring substituents is 1. The van der Waals surface area contributed by atoms with E-state index in [4.69, 9.17) is 5.73 Å². The number of aromatic nitrogens is 3. The van der Waals surface area contributed by atoms with Crippen LogP contribution < -0.4 is 5.73 Å². The van der Waals surface area contributed by atoms with Crippen molar-refractivity contribution in [2.24, 2.45) is 5.73 Å². The molecule has 0 aliphatic heterocycles. The summed E-state index contributed by atoms with van der Waals surface area (Å²) in [5, 5.41) is 18.4. The van der Waals surface area contributed by atoms with Crippen LogP contribution >= 0.6 is 15.9 Å². The van der Waals surface area contributed by atoms with Crippen molar-refractivity contribution in [2.45, 2.75) is 6.54 Å². The highest BCUT2D eigenvalue weighted by Gasteiger charge is 2.13. The molecule has 0 saturated carbocycles. The van der Waals surface area contributed by atoms with E-state index in [0.29, 0.717) is 15.9 Å². The zero-order chi connectivity index (χ0) is 12.4. The Morgan fingerprint density at radius 3 is 2.88 bits per heavy atom. The largest absolute Gasteiger partial charge is 0.325 e. The fraction of sp³-hybridized carbons (Fsp3) is 0.111. The molecule has 0 fully saturated rings. The summed E-state index contributed by atoms with van der Waals surface area (Å²) in [7, 11) is 0. The molecule has 0 saturated heterocycles. The van der Waals surface area contributed by atoms with Crippen molar-refractivity contribution in [1.82, 2.24) is 15.0 Å². The van der Waals surface area contributed by atoms with Crippen LogP contribution in [0.3, 0.4) is 0 Å². The van der Waals surface area contributed by atoms with E-state index in [1.807, 2.05) is 0 Å². The minimum Gasteiger partial charge on any atom is -0.325 e. The van der Waals surface area contributed by atoms with Crippen molar-refractivity contribution in [2.75, 3.05) is 0 Å². The van der Waals surface area contributed by atoms with Crippen molar-refractivity contribution in [3.05, 3.63) is 44.7 Å². The van der Waals surface area contributed by atoms with Gasteiger partial charge in [0, 0.05) is 12.6 Å². The lowest BCUT2D eigenvalue weighted by molar-refractivity contribution is -0.385. The predicted molar refractivity (Wildman–Crippen MR) is 63.6 cm³/mol. The summed E-state index contributed by atoms with van der Waals surface area (Å²) in [6.45, 7) is 0.276. The van der Waals surface area contributed by atoms with Gasteiger partial charge in [0.25, 0.3) is 5.69 Å². The molecule has 17 heavy (non-hydrogen) atoms. The molecule has 0 aliphatic carbocycles. The van der Waals surface area contributed by atoms with Gasteiger partial charge in [0.15, 0.2) is 0 Å². The molecule has 2 N–H and O–H groups in total. The molecule has 8 heteroatoms. The van der Waals surface area contributed by atoms with Crippen LogP contribution in [0.2, 0.25) is 0 Å². The molecule has 2 rings (SSSR count). The van der Waals surface area contributed by atoms with Gasteiger partial charge in [0.2, 0.25) is 0 Å². The quantitative estimate of drug-likeness (QED) is 0.682. The van der Waals surface area contributed by atoms with Crippen LogP contribution in [0.1, 0.15) is 5.69 Å². The summed E-state index contributed by atoms with van der Waals surface area (Å²) < 4.78 is 1.87. The molecule has 0 aliphatic rings. The number of halogens is 1. The molecule has 0 unspecified atom stereocenters. The van der Waals surface area contributed by atoms with E-state index in [1.165, 1.54) is 10.7 Å². The average Bonchev–Trinajstić information content (AvgIpc) is 2.78. The van der Waals surface area contributed by atoms with Crippen molar-refractivity contribution in [3.63, 3.8) is 0 Å². The first-order valence-electron chi connectivity index (χ1n) is 4.67. The normalized spacial score (nSPS) is 10.5. The third kappa shape index (κ3) is 2.32. The molecular weight excluding hydrogens is 290 g/mol. The number of nitrogens with two attached hydrogens (primary N) is 1. The molecule has 0 atom stereocenters. The van der Waals surface area contributed by atoms with E-state index in [9.17, 15) is 10.1 Å². The zero-order valence-electron chi connectivity index (χ0n) is 8.58. The smallest absolute Gasteiger partial charge is 0.285 e. The highest BCUT2D eigenvalue weighted by Crippen LogP contribution is 2.26. The van der Waals surface area contributed by atoms with Gasteiger partial charge >= 0.3 is 0 Å². The minimum absolute atomic E-state index is 0.0210. The van der Waals surface area contributed by atoms with Gasteiger partial charge in [-0.1, -0.05) is 5.21 Å². The summed E-state index contributed by atoms with van der Waals surface area (Å²) in [4.78, 5) is 10.3. The third-order valence-electron chi connectivity index (χ3n) is 2.14. The Morgan fingerprint density at radius 1 is 1.53 bits per heavy atom. The Labute approximate surface area is 105 Å². The summed E-state index contributed by atoms with van der Waals surface area (Å²) in [6, 6.07) is 4.71. The second kappa shape index (κ2) is 4.60. The van der Waals surface area contributed by atoms with Crippen molar-refractivity contribution in [3.8, 4) is 5.69 Å². The van der Waals surface area contributed by atoms with Gasteiger partial charge in [-0.15, -0.1) is 5.10 Å². The second-order valence-electron chi connectivity index (χ2n) is 3.25. The van der Waals surface area contributed by atoms with Crippen LogP contribution in [0.4, 0.5) is 5.69 Å². The topological polar surface area (TPSA) is 99.9 Å². The van der Waals surface area contributed by atoms with Gasteiger partial charge in [-0.05, 0) is 28.1 Å². The number of benzene rings is 1. The van der Waals surface area contributed by atoms with E-state index in [-0.39, 0.29) is 12.2 Å². The van der Waals surface area contributed by atoms with Crippen molar-refractivity contribution in [1.29, 1.82) is 0 Å². The fourth-order valence-electron chi connectivity index (χ4n) is 1.30. The Hall–Kier alpha value is -1.80. The maximum absolute atomic E-state index is 10.8. The molecule has 1 aromatic carbocycles. The standard InChI is InChI=1S/C9H8BrN5O2/c10-8-2-1-7(3-9(8)15(16)17)14-5-6(4-11)12-13-14/h1-3,5H,4,11H2. The third-order valence-corrected chi connectivity index (χ3v) is 2.81. The molecule has 0 bridgehead atoms.